The zero-order valence-electron chi connectivity index (χ0n) is 9.68. The molecule has 11 nitrogen and oxygen atoms in total. The first-order valence-electron chi connectivity index (χ1n) is 3.13. The van der Waals surface area contributed by atoms with Crippen molar-refractivity contribution in [3.8, 4) is 0 Å². The van der Waals surface area contributed by atoms with Gasteiger partial charge in [0.15, 0.2) is 0 Å². The molecule has 14 N–H and O–H groups in total. The Hall–Kier alpha value is -0.907. The van der Waals surface area contributed by atoms with E-state index < -0.39 is 36.4 Å². The number of carbonyl (C=O) groups excluding carboxylic acids is 2. The Kier molecular flexibility index (Phi) is 28.3. The molecule has 0 spiro atoms. The zero-order chi connectivity index (χ0) is 10.6. The van der Waals surface area contributed by atoms with Crippen molar-refractivity contribution in [2.75, 3.05) is 0 Å². The minimum Gasteiger partial charge on any atom is -0.550 e. The molecule has 0 amide bonds. The summed E-state index contributed by atoms with van der Waals surface area (Å²) in [5.74, 6) is -5.67. The number of aliphatic hydroxyl groups is 1. The van der Waals surface area contributed by atoms with Crippen molar-refractivity contribution in [1.82, 2.24) is 24.6 Å². The van der Waals surface area contributed by atoms with E-state index in [2.05, 4.69) is 0 Å². The molecule has 1 unspecified atom stereocenters. The van der Waals surface area contributed by atoms with Crippen LogP contribution in [0.5, 0.6) is 0 Å². The Bertz CT molecular complexity index is 246. The summed E-state index contributed by atoms with van der Waals surface area (Å²) in [7, 11) is 0. The molecule has 0 fully saturated rings. The topological polar surface area (TPSA) is 278 Å². The zero-order valence-corrected chi connectivity index (χ0v) is 12.1. The van der Waals surface area contributed by atoms with E-state index in [0.717, 1.165) is 0 Å². The van der Waals surface area contributed by atoms with Gasteiger partial charge in [-0.05, 0) is 0 Å². The van der Waals surface area contributed by atoms with Crippen LogP contribution in [0.1, 0.15) is 12.8 Å². The van der Waals surface area contributed by atoms with Gasteiger partial charge >= 0.3 is 32.2 Å². The van der Waals surface area contributed by atoms with Crippen molar-refractivity contribution < 1.29 is 61.0 Å². The van der Waals surface area contributed by atoms with Gasteiger partial charge in [0, 0.05) is 12.4 Å². The van der Waals surface area contributed by atoms with Crippen LogP contribution in [0, 0.1) is 0 Å². The number of hydrogen-bond acceptors (Lipinski definition) is 10. The normalized spacial score (nSPS) is 10.5. The molecule has 0 aliphatic rings. The van der Waals surface area contributed by atoms with Gasteiger partial charge in [-0.15, -0.1) is 0 Å². The summed E-state index contributed by atoms with van der Waals surface area (Å²) in [6.07, 6.45) is -2.56. The van der Waals surface area contributed by atoms with Gasteiger partial charge in [-0.25, -0.2) is 0 Å². The number of carbonyl (C=O) groups is 3. The molecule has 0 saturated heterocycles. The predicted octanol–water partition coefficient (Wildman–Crippen LogP) is -3.27. The predicted molar refractivity (Wildman–Crippen MR) is 51.9 cm³/mol. The van der Waals surface area contributed by atoms with E-state index in [0.29, 0.717) is 0 Å². The van der Waals surface area contributed by atoms with Crippen LogP contribution in [-0.2, 0) is 40.6 Å². The van der Waals surface area contributed by atoms with Crippen molar-refractivity contribution in [3.63, 3.8) is 0 Å². The molecule has 0 heterocycles. The summed E-state index contributed by atoms with van der Waals surface area (Å²) in [6, 6.07) is 0. The molecule has 0 rings (SSSR count). The van der Waals surface area contributed by atoms with Crippen molar-refractivity contribution in [1.29, 1.82) is 0 Å². The summed E-state index contributed by atoms with van der Waals surface area (Å²) < 4.78 is 0. The molecular weight excluding hydrogens is 331 g/mol. The third-order valence-corrected chi connectivity index (χ3v) is 1.26. The van der Waals surface area contributed by atoms with E-state index in [1.54, 1.807) is 0 Å². The maximum atomic E-state index is 10.2. The van der Waals surface area contributed by atoms with Crippen LogP contribution >= 0.6 is 0 Å². The molecule has 12 heteroatoms. The molecule has 0 aromatic carbocycles. The van der Waals surface area contributed by atoms with E-state index in [4.69, 9.17) is 10.2 Å². The fraction of sp³-hybridized carbons (Fsp3) is 0.500. The third-order valence-electron chi connectivity index (χ3n) is 1.26. The number of carboxylic acids is 3. The molecule has 0 aromatic rings. The van der Waals surface area contributed by atoms with E-state index in [1.165, 1.54) is 0 Å². The van der Waals surface area contributed by atoms with E-state index in [9.17, 15) is 24.6 Å². The second-order valence-electron chi connectivity index (χ2n) is 2.44. The van der Waals surface area contributed by atoms with Crippen molar-refractivity contribution >= 4 is 17.9 Å². The molecule has 0 aliphatic carbocycles. The molecule has 0 aliphatic heterocycles. The van der Waals surface area contributed by atoms with E-state index in [-0.39, 0.29) is 50.8 Å². The second kappa shape index (κ2) is 14.2. The summed E-state index contributed by atoms with van der Waals surface area (Å²) in [6.45, 7) is 0. The van der Waals surface area contributed by atoms with Crippen LogP contribution in [0.2, 0.25) is 0 Å². The first-order valence-corrected chi connectivity index (χ1v) is 3.13. The van der Waals surface area contributed by atoms with Crippen molar-refractivity contribution in [3.05, 3.63) is 0 Å². The van der Waals surface area contributed by atoms with E-state index in [1.807, 2.05) is 0 Å². The van der Waals surface area contributed by atoms with Gasteiger partial charge in [0.2, 0.25) is 0 Å². The Balaban J connectivity index is -0.0000000720. The fourth-order valence-electron chi connectivity index (χ4n) is 0.696. The third kappa shape index (κ3) is 13.2. The van der Waals surface area contributed by atoms with Gasteiger partial charge in [0.1, 0.15) is 5.60 Å². The number of carboxylic acid groups (broad SMARTS) is 3. The Morgan fingerprint density at radius 3 is 1.44 bits per heavy atom. The number of hydrogen-bond donors (Lipinski definition) is 6. The maximum absolute atomic E-state index is 10.2. The molecule has 0 radical (unpaired) electrons. The average molecular weight is 349 g/mol. The largest absolute Gasteiger partial charge is 2.00 e. The molecule has 108 valence electrons. The van der Waals surface area contributed by atoms with Crippen molar-refractivity contribution in [2.45, 2.75) is 18.4 Å². The second-order valence-corrected chi connectivity index (χ2v) is 2.44. The number of aliphatic carboxylic acids is 3. The molecule has 0 aromatic heterocycles. The van der Waals surface area contributed by atoms with Crippen LogP contribution in [0.4, 0.5) is 0 Å². The van der Waals surface area contributed by atoms with Crippen LogP contribution in [0.25, 0.3) is 0 Å². The standard InChI is InChI=1S/C6H8O7.4H3N.Zr/c7-3(8)1-6(13,5(11)12)2-4(9)10;;;;;/h13H,1-2H2,(H,7,8)(H,9,10)(H,11,12);4*1H3;/q;;;;;+2/p-2. The quantitative estimate of drug-likeness (QED) is 0.286. The van der Waals surface area contributed by atoms with Crippen LogP contribution in [0.15, 0.2) is 0 Å². The van der Waals surface area contributed by atoms with E-state index >= 15 is 0 Å². The van der Waals surface area contributed by atoms with Gasteiger partial charge in [-0.2, -0.15) is 0 Å². The summed E-state index contributed by atoms with van der Waals surface area (Å²) in [5.41, 5.74) is -2.91. The Labute approximate surface area is 122 Å². The average Bonchev–Trinajstić information content (AvgIpc) is 1.82. The minimum absolute atomic E-state index is 0. The van der Waals surface area contributed by atoms with Gasteiger partial charge in [0.05, 0.1) is 12.4 Å². The maximum Gasteiger partial charge on any atom is 2.00 e. The van der Waals surface area contributed by atoms with Gasteiger partial charge in [-0.1, -0.05) is 0 Å². The van der Waals surface area contributed by atoms with Crippen LogP contribution in [-0.4, -0.2) is 33.7 Å². The Morgan fingerprint density at radius 1 is 0.944 bits per heavy atom. The summed E-state index contributed by atoms with van der Waals surface area (Å²) >= 11 is 0. The summed E-state index contributed by atoms with van der Waals surface area (Å²) in [4.78, 5) is 30.2. The monoisotopic (exact) mass is 348 g/mol. The smallest absolute Gasteiger partial charge is 0.550 e. The molecule has 1 atom stereocenters. The molecule has 18 heavy (non-hydrogen) atoms. The Morgan fingerprint density at radius 2 is 1.28 bits per heavy atom. The van der Waals surface area contributed by atoms with Gasteiger partial charge in [0.25, 0.3) is 0 Å². The van der Waals surface area contributed by atoms with Gasteiger partial charge < -0.3 is 54.6 Å². The first-order chi connectivity index (χ1) is 5.78. The fourth-order valence-corrected chi connectivity index (χ4v) is 0.696. The number of rotatable bonds is 5. The van der Waals surface area contributed by atoms with Crippen molar-refractivity contribution in [2.24, 2.45) is 0 Å². The molecular formula is C6H18N4O7Zr. The first kappa shape index (κ1) is 36.0. The molecule has 0 saturated carbocycles. The minimum atomic E-state index is -2.91. The van der Waals surface area contributed by atoms with Gasteiger partial charge in [-0.3, -0.25) is 4.79 Å². The SMILES string of the molecule is N.N.N.N.O=C([O-])CC(O)(CC(=O)O)C(=O)[O-].[Zr+2]. The van der Waals surface area contributed by atoms with Crippen LogP contribution in [0.3, 0.4) is 0 Å². The molecule has 0 bridgehead atoms. The van der Waals surface area contributed by atoms with Crippen LogP contribution < -0.4 is 34.8 Å². The summed E-state index contributed by atoms with van der Waals surface area (Å²) in [5, 5.41) is 37.2.